The molecule has 0 radical (unpaired) electrons. The number of benzene rings is 3. The molecule has 1 aliphatic rings. The lowest BCUT2D eigenvalue weighted by atomic mass is 9.80. The van der Waals surface area contributed by atoms with Gasteiger partial charge in [-0.1, -0.05) is 54.6 Å². The van der Waals surface area contributed by atoms with E-state index in [0.717, 1.165) is 16.7 Å². The van der Waals surface area contributed by atoms with Gasteiger partial charge in [-0.3, -0.25) is 19.1 Å². The topological polar surface area (TPSA) is 118 Å². The molecule has 0 amide bonds. The van der Waals surface area contributed by atoms with Crippen molar-refractivity contribution >= 4 is 28.6 Å². The number of methoxy groups -OCH3 is 2. The summed E-state index contributed by atoms with van der Waals surface area (Å²) < 4.78 is 31.4. The monoisotopic (exact) mass is 698 g/mol. The number of carbonyl (C=O) groups is 1. The largest absolute Gasteiger partial charge is 0.497 e. The Morgan fingerprint density at radius 2 is 1.49 bits per heavy atom. The van der Waals surface area contributed by atoms with Crippen LogP contribution in [0, 0.1) is 3.57 Å². The predicted molar refractivity (Wildman–Crippen MR) is 166 cm³/mol. The molecule has 0 saturated carbocycles. The van der Waals surface area contributed by atoms with Crippen LogP contribution in [0.5, 0.6) is 11.5 Å². The first-order chi connectivity index (χ1) is 20.7. The quantitative estimate of drug-likeness (QED) is 0.147. The highest BCUT2D eigenvalue weighted by atomic mass is 127. The van der Waals surface area contributed by atoms with Crippen LogP contribution < -0.4 is 20.7 Å². The summed E-state index contributed by atoms with van der Waals surface area (Å²) in [4.78, 5) is 39.0. The van der Waals surface area contributed by atoms with Crippen molar-refractivity contribution in [3.8, 4) is 11.5 Å². The summed E-state index contributed by atoms with van der Waals surface area (Å²) in [5.41, 5.74) is 0.294. The maximum atomic E-state index is 12.7. The van der Waals surface area contributed by atoms with Crippen molar-refractivity contribution in [2.24, 2.45) is 0 Å². The lowest BCUT2D eigenvalue weighted by Gasteiger charge is -2.37. The lowest BCUT2D eigenvalue weighted by Crippen LogP contribution is -2.39. The SMILES string of the molecule is COc1ccc(C(OC[C@H]2O[C@@H](n3cc(I)c(=O)[nH]c3=O)C[C@@H]2OC(C)=O)(c2ccccc2)c2ccc(OC)cc2)cc1. The Balaban J connectivity index is 1.58. The van der Waals surface area contributed by atoms with Crippen molar-refractivity contribution < 1.29 is 28.5 Å². The molecular weight excluding hydrogens is 667 g/mol. The molecule has 0 spiro atoms. The molecule has 3 aromatic carbocycles. The summed E-state index contributed by atoms with van der Waals surface area (Å²) in [7, 11) is 3.22. The Bertz CT molecular complexity index is 1620. The zero-order chi connectivity index (χ0) is 30.6. The summed E-state index contributed by atoms with van der Waals surface area (Å²) in [6.45, 7) is 1.32. The second-order valence-electron chi connectivity index (χ2n) is 9.97. The number of nitrogens with zero attached hydrogens (tertiary/aromatic N) is 1. The average molecular weight is 699 g/mol. The molecule has 1 aliphatic heterocycles. The van der Waals surface area contributed by atoms with Crippen LogP contribution in [0.4, 0.5) is 0 Å². The zero-order valence-electron chi connectivity index (χ0n) is 23.8. The van der Waals surface area contributed by atoms with Gasteiger partial charge in [-0.15, -0.1) is 0 Å². The first-order valence-electron chi connectivity index (χ1n) is 13.6. The number of ether oxygens (including phenoxy) is 5. The molecule has 224 valence electrons. The fourth-order valence-electron chi connectivity index (χ4n) is 5.31. The van der Waals surface area contributed by atoms with Gasteiger partial charge in [0.2, 0.25) is 0 Å². The number of rotatable bonds is 10. The van der Waals surface area contributed by atoms with Crippen LogP contribution in [0.1, 0.15) is 36.3 Å². The molecule has 4 aromatic rings. The molecule has 2 heterocycles. The highest BCUT2D eigenvalue weighted by Gasteiger charge is 2.43. The maximum Gasteiger partial charge on any atom is 0.330 e. The Kier molecular flexibility index (Phi) is 9.33. The molecule has 0 bridgehead atoms. The van der Waals surface area contributed by atoms with Crippen molar-refractivity contribution in [3.05, 3.63) is 126 Å². The fraction of sp³-hybridized carbons (Fsp3) is 0.281. The first-order valence-corrected chi connectivity index (χ1v) is 14.6. The molecule has 5 rings (SSSR count). The van der Waals surface area contributed by atoms with E-state index in [-0.39, 0.29) is 13.0 Å². The Hall–Kier alpha value is -3.94. The van der Waals surface area contributed by atoms with Gasteiger partial charge in [-0.25, -0.2) is 4.79 Å². The van der Waals surface area contributed by atoms with Gasteiger partial charge in [0.05, 0.1) is 24.4 Å². The molecule has 1 N–H and O–H groups in total. The number of hydrogen-bond acceptors (Lipinski definition) is 8. The first kappa shape index (κ1) is 30.5. The van der Waals surface area contributed by atoms with Crippen LogP contribution in [0.2, 0.25) is 0 Å². The molecule has 1 fully saturated rings. The number of aromatic amines is 1. The number of carbonyl (C=O) groups excluding carboxylic acids is 1. The number of hydrogen-bond donors (Lipinski definition) is 1. The molecule has 1 saturated heterocycles. The third-order valence-electron chi connectivity index (χ3n) is 7.37. The zero-order valence-corrected chi connectivity index (χ0v) is 26.0. The number of nitrogens with one attached hydrogen (secondary N) is 1. The second-order valence-corrected chi connectivity index (χ2v) is 11.1. The third-order valence-corrected chi connectivity index (χ3v) is 8.14. The van der Waals surface area contributed by atoms with Crippen LogP contribution in [0.25, 0.3) is 0 Å². The number of H-pyrrole nitrogens is 1. The summed E-state index contributed by atoms with van der Waals surface area (Å²) in [5.74, 6) is 0.902. The van der Waals surface area contributed by atoms with Crippen molar-refractivity contribution in [2.45, 2.75) is 37.4 Å². The predicted octanol–water partition coefficient (Wildman–Crippen LogP) is 4.39. The lowest BCUT2D eigenvalue weighted by molar-refractivity contribution is -0.153. The van der Waals surface area contributed by atoms with Crippen LogP contribution in [-0.4, -0.2) is 48.6 Å². The molecule has 1 aromatic heterocycles. The summed E-state index contributed by atoms with van der Waals surface area (Å²) in [6, 6.07) is 25.0. The van der Waals surface area contributed by atoms with E-state index in [1.165, 1.54) is 17.7 Å². The third kappa shape index (κ3) is 6.38. The van der Waals surface area contributed by atoms with Gasteiger partial charge in [0.1, 0.15) is 35.5 Å². The van der Waals surface area contributed by atoms with Crippen molar-refractivity contribution in [1.29, 1.82) is 0 Å². The van der Waals surface area contributed by atoms with Gasteiger partial charge >= 0.3 is 11.7 Å². The molecular formula is C32H31IN2O8. The maximum absolute atomic E-state index is 12.7. The summed E-state index contributed by atoms with van der Waals surface area (Å²) in [6.07, 6.45) is -0.601. The smallest absolute Gasteiger partial charge is 0.330 e. The summed E-state index contributed by atoms with van der Waals surface area (Å²) >= 11 is 1.85. The highest BCUT2D eigenvalue weighted by Crippen LogP contribution is 2.43. The van der Waals surface area contributed by atoms with Crippen LogP contribution in [0.3, 0.4) is 0 Å². The van der Waals surface area contributed by atoms with E-state index in [1.54, 1.807) is 14.2 Å². The van der Waals surface area contributed by atoms with Gasteiger partial charge in [0.25, 0.3) is 5.56 Å². The Morgan fingerprint density at radius 3 is 2.02 bits per heavy atom. The normalized spacial score (nSPS) is 18.3. The summed E-state index contributed by atoms with van der Waals surface area (Å²) in [5, 5.41) is 0. The van der Waals surface area contributed by atoms with Gasteiger partial charge in [0.15, 0.2) is 0 Å². The van der Waals surface area contributed by atoms with Crippen LogP contribution >= 0.6 is 22.6 Å². The second kappa shape index (κ2) is 13.1. The molecule has 43 heavy (non-hydrogen) atoms. The van der Waals surface area contributed by atoms with E-state index >= 15 is 0 Å². The Labute approximate surface area is 261 Å². The van der Waals surface area contributed by atoms with Gasteiger partial charge < -0.3 is 23.7 Å². The average Bonchev–Trinajstić information content (AvgIpc) is 3.41. The minimum atomic E-state index is -1.12. The fourth-order valence-corrected chi connectivity index (χ4v) is 5.75. The van der Waals surface area contributed by atoms with E-state index in [2.05, 4.69) is 4.98 Å². The molecule has 0 aliphatic carbocycles. The Morgan fingerprint density at radius 1 is 0.930 bits per heavy atom. The van der Waals surface area contributed by atoms with Gasteiger partial charge in [0, 0.05) is 19.5 Å². The standard InChI is InChI=1S/C32H31IN2O8/c1-20(36)42-27-17-29(35-18-26(33)30(37)34-31(35)38)43-28(27)19-41-32(21-7-5-4-6-8-21,22-9-13-24(39-2)14-10-22)23-11-15-25(40-3)16-12-23/h4-16,18,27-29H,17,19H2,1-3H3,(H,34,37,38)/t27-,28+,29+/m0/s1. The van der Waals surface area contributed by atoms with Gasteiger partial charge in [-0.05, 0) is 63.5 Å². The molecule has 0 unspecified atom stereocenters. The van der Waals surface area contributed by atoms with E-state index < -0.39 is 41.3 Å². The highest BCUT2D eigenvalue weighted by molar-refractivity contribution is 14.1. The van der Waals surface area contributed by atoms with Crippen molar-refractivity contribution in [3.63, 3.8) is 0 Å². The molecule has 11 heteroatoms. The molecule has 3 atom stereocenters. The number of esters is 1. The number of halogens is 1. The van der Waals surface area contributed by atoms with E-state index in [4.69, 9.17) is 23.7 Å². The van der Waals surface area contributed by atoms with E-state index in [9.17, 15) is 14.4 Å². The van der Waals surface area contributed by atoms with Crippen molar-refractivity contribution in [2.75, 3.05) is 20.8 Å². The van der Waals surface area contributed by atoms with Crippen LogP contribution in [0.15, 0.2) is 94.6 Å². The number of aromatic nitrogens is 2. The van der Waals surface area contributed by atoms with Crippen LogP contribution in [-0.2, 0) is 24.6 Å². The minimum absolute atomic E-state index is 0.00338. The van der Waals surface area contributed by atoms with Gasteiger partial charge in [-0.2, -0.15) is 0 Å². The molecule has 10 nitrogen and oxygen atoms in total. The van der Waals surface area contributed by atoms with E-state index in [0.29, 0.717) is 15.1 Å². The van der Waals surface area contributed by atoms with E-state index in [1.807, 2.05) is 101 Å². The van der Waals surface area contributed by atoms with Crippen molar-refractivity contribution in [1.82, 2.24) is 9.55 Å². The minimum Gasteiger partial charge on any atom is -0.497 e.